The minimum absolute atomic E-state index is 0.225. The third-order valence-corrected chi connectivity index (χ3v) is 4.24. The highest BCUT2D eigenvalue weighted by Gasteiger charge is 2.38. The Kier molecular flexibility index (Phi) is 5.19. The molecule has 0 spiro atoms. The van der Waals surface area contributed by atoms with E-state index in [1.807, 2.05) is 56.3 Å². The van der Waals surface area contributed by atoms with Gasteiger partial charge in [-0.1, -0.05) is 36.4 Å². The van der Waals surface area contributed by atoms with Gasteiger partial charge < -0.3 is 10.1 Å². The third-order valence-electron chi connectivity index (χ3n) is 4.24. The van der Waals surface area contributed by atoms with Gasteiger partial charge in [0.15, 0.2) is 0 Å². The highest BCUT2D eigenvalue weighted by atomic mass is 16.5. The number of benzene rings is 2. The Morgan fingerprint density at radius 1 is 0.962 bits per heavy atom. The molecule has 3 rings (SSSR count). The molecular formula is C21H22N2O3. The SMILES string of the molecule is COCCN1C(=O)C(Nc2cc(C)cc(C)c2)=C(c2ccccc2)C1=O. The lowest BCUT2D eigenvalue weighted by molar-refractivity contribution is -0.137. The van der Waals surface area contributed by atoms with Crippen molar-refractivity contribution in [3.63, 3.8) is 0 Å². The molecule has 2 amide bonds. The maximum absolute atomic E-state index is 12.9. The van der Waals surface area contributed by atoms with Crippen LogP contribution in [0.4, 0.5) is 5.69 Å². The van der Waals surface area contributed by atoms with Crippen molar-refractivity contribution in [2.24, 2.45) is 0 Å². The van der Waals surface area contributed by atoms with E-state index in [1.54, 1.807) is 7.11 Å². The Hall–Kier alpha value is -2.92. The summed E-state index contributed by atoms with van der Waals surface area (Å²) in [5.41, 5.74) is 4.39. The van der Waals surface area contributed by atoms with E-state index in [0.717, 1.165) is 22.4 Å². The average molecular weight is 350 g/mol. The third kappa shape index (κ3) is 3.53. The molecule has 2 aromatic carbocycles. The van der Waals surface area contributed by atoms with Crippen LogP contribution in [-0.2, 0) is 14.3 Å². The van der Waals surface area contributed by atoms with E-state index < -0.39 is 0 Å². The molecule has 26 heavy (non-hydrogen) atoms. The fourth-order valence-electron chi connectivity index (χ4n) is 3.14. The molecule has 1 heterocycles. The number of ether oxygens (including phenoxy) is 1. The predicted molar refractivity (Wildman–Crippen MR) is 101 cm³/mol. The van der Waals surface area contributed by atoms with Gasteiger partial charge in [0.25, 0.3) is 11.8 Å². The number of methoxy groups -OCH3 is 1. The first-order valence-corrected chi connectivity index (χ1v) is 8.51. The summed E-state index contributed by atoms with van der Waals surface area (Å²) in [5, 5.41) is 3.18. The van der Waals surface area contributed by atoms with Gasteiger partial charge in [-0.2, -0.15) is 0 Å². The van der Waals surface area contributed by atoms with Crippen LogP contribution in [0.15, 0.2) is 54.2 Å². The molecule has 1 N–H and O–H groups in total. The van der Waals surface area contributed by atoms with E-state index >= 15 is 0 Å². The van der Waals surface area contributed by atoms with Gasteiger partial charge in [-0.3, -0.25) is 14.5 Å². The molecule has 5 nitrogen and oxygen atoms in total. The van der Waals surface area contributed by atoms with Crippen molar-refractivity contribution < 1.29 is 14.3 Å². The lowest BCUT2D eigenvalue weighted by atomic mass is 10.0. The Morgan fingerprint density at radius 2 is 1.62 bits per heavy atom. The minimum Gasteiger partial charge on any atom is -0.383 e. The Labute approximate surface area is 153 Å². The van der Waals surface area contributed by atoms with Crippen molar-refractivity contribution in [2.45, 2.75) is 13.8 Å². The molecule has 0 saturated carbocycles. The maximum Gasteiger partial charge on any atom is 0.278 e. The topological polar surface area (TPSA) is 58.6 Å². The lowest BCUT2D eigenvalue weighted by Gasteiger charge is -2.14. The second kappa shape index (κ2) is 7.54. The lowest BCUT2D eigenvalue weighted by Crippen LogP contribution is -2.35. The second-order valence-corrected chi connectivity index (χ2v) is 6.37. The highest BCUT2D eigenvalue weighted by molar-refractivity contribution is 6.36. The molecule has 0 fully saturated rings. The summed E-state index contributed by atoms with van der Waals surface area (Å²) in [5.74, 6) is -0.629. The summed E-state index contributed by atoms with van der Waals surface area (Å²) in [6.45, 7) is 4.52. The summed E-state index contributed by atoms with van der Waals surface area (Å²) in [6.07, 6.45) is 0. The molecule has 1 aliphatic heterocycles. The molecule has 5 heteroatoms. The molecule has 0 aromatic heterocycles. The Morgan fingerprint density at radius 3 is 2.23 bits per heavy atom. The number of hydrogen-bond acceptors (Lipinski definition) is 4. The zero-order valence-corrected chi connectivity index (χ0v) is 15.2. The number of imide groups is 1. The number of carbonyl (C=O) groups is 2. The van der Waals surface area contributed by atoms with E-state index in [2.05, 4.69) is 11.4 Å². The summed E-state index contributed by atoms with van der Waals surface area (Å²) in [6, 6.07) is 15.2. The van der Waals surface area contributed by atoms with Gasteiger partial charge in [-0.15, -0.1) is 0 Å². The standard InChI is InChI=1S/C21H22N2O3/c1-14-11-15(2)13-17(12-14)22-19-18(16-7-5-4-6-8-16)20(24)23(21(19)25)9-10-26-3/h4-8,11-13,22H,9-10H2,1-3H3. The summed E-state index contributed by atoms with van der Waals surface area (Å²) in [7, 11) is 1.55. The van der Waals surface area contributed by atoms with Crippen molar-refractivity contribution in [3.05, 3.63) is 70.9 Å². The summed E-state index contributed by atoms with van der Waals surface area (Å²) < 4.78 is 5.04. The number of nitrogens with zero attached hydrogens (tertiary/aromatic N) is 1. The van der Waals surface area contributed by atoms with E-state index in [1.165, 1.54) is 4.90 Å². The van der Waals surface area contributed by atoms with Gasteiger partial charge in [-0.25, -0.2) is 0 Å². The number of amides is 2. The number of aryl methyl sites for hydroxylation is 2. The molecular weight excluding hydrogens is 328 g/mol. The monoisotopic (exact) mass is 350 g/mol. The molecule has 0 atom stereocenters. The van der Waals surface area contributed by atoms with Gasteiger partial charge in [0.1, 0.15) is 5.70 Å². The van der Waals surface area contributed by atoms with Crippen molar-refractivity contribution in [3.8, 4) is 0 Å². The van der Waals surface area contributed by atoms with Crippen LogP contribution in [0, 0.1) is 13.8 Å². The molecule has 0 radical (unpaired) electrons. The van der Waals surface area contributed by atoms with Crippen molar-refractivity contribution in [2.75, 3.05) is 25.6 Å². The fraction of sp³-hybridized carbons (Fsp3) is 0.238. The average Bonchev–Trinajstić information content (AvgIpc) is 2.83. The quantitative estimate of drug-likeness (QED) is 0.813. The summed E-state index contributed by atoms with van der Waals surface area (Å²) in [4.78, 5) is 27.1. The maximum atomic E-state index is 12.9. The molecule has 0 aliphatic carbocycles. The second-order valence-electron chi connectivity index (χ2n) is 6.37. The van der Waals surface area contributed by atoms with E-state index in [0.29, 0.717) is 17.9 Å². The fourth-order valence-corrected chi connectivity index (χ4v) is 3.14. The van der Waals surface area contributed by atoms with Crippen molar-refractivity contribution in [1.82, 2.24) is 4.90 Å². The first-order valence-electron chi connectivity index (χ1n) is 8.51. The predicted octanol–water partition coefficient (Wildman–Crippen LogP) is 3.14. The summed E-state index contributed by atoms with van der Waals surface area (Å²) >= 11 is 0. The van der Waals surface area contributed by atoms with E-state index in [-0.39, 0.29) is 18.4 Å². The van der Waals surface area contributed by atoms with Crippen molar-refractivity contribution >= 4 is 23.1 Å². The van der Waals surface area contributed by atoms with Crippen LogP contribution < -0.4 is 5.32 Å². The first kappa shape index (κ1) is 17.9. The molecule has 0 bridgehead atoms. The Balaban J connectivity index is 2.04. The van der Waals surface area contributed by atoms with Gasteiger partial charge in [-0.05, 0) is 42.7 Å². The minimum atomic E-state index is -0.329. The van der Waals surface area contributed by atoms with Gasteiger partial charge in [0.2, 0.25) is 0 Å². The number of nitrogens with one attached hydrogen (secondary N) is 1. The number of carbonyl (C=O) groups excluding carboxylic acids is 2. The van der Waals surface area contributed by atoms with Crippen LogP contribution in [0.3, 0.4) is 0 Å². The van der Waals surface area contributed by atoms with Crippen molar-refractivity contribution in [1.29, 1.82) is 0 Å². The molecule has 0 saturated heterocycles. The van der Waals surface area contributed by atoms with Crippen LogP contribution in [0.5, 0.6) is 0 Å². The van der Waals surface area contributed by atoms with Crippen LogP contribution in [0.25, 0.3) is 5.57 Å². The van der Waals surface area contributed by atoms with E-state index in [9.17, 15) is 9.59 Å². The molecule has 1 aliphatic rings. The zero-order valence-electron chi connectivity index (χ0n) is 15.2. The van der Waals surface area contributed by atoms with Crippen LogP contribution in [-0.4, -0.2) is 37.0 Å². The van der Waals surface area contributed by atoms with Gasteiger partial charge in [0, 0.05) is 12.8 Å². The smallest absolute Gasteiger partial charge is 0.278 e. The van der Waals surface area contributed by atoms with Crippen LogP contribution >= 0.6 is 0 Å². The van der Waals surface area contributed by atoms with Gasteiger partial charge >= 0.3 is 0 Å². The number of rotatable bonds is 6. The molecule has 134 valence electrons. The number of hydrogen-bond donors (Lipinski definition) is 1. The van der Waals surface area contributed by atoms with Gasteiger partial charge in [0.05, 0.1) is 18.7 Å². The number of anilines is 1. The highest BCUT2D eigenvalue weighted by Crippen LogP contribution is 2.30. The Bertz CT molecular complexity index is 852. The van der Waals surface area contributed by atoms with Crippen LogP contribution in [0.1, 0.15) is 16.7 Å². The zero-order chi connectivity index (χ0) is 18.7. The first-order chi connectivity index (χ1) is 12.5. The largest absolute Gasteiger partial charge is 0.383 e. The normalized spacial score (nSPS) is 14.3. The molecule has 2 aromatic rings. The van der Waals surface area contributed by atoms with E-state index in [4.69, 9.17) is 4.74 Å². The molecule has 0 unspecified atom stereocenters. The van der Waals surface area contributed by atoms with Crippen LogP contribution in [0.2, 0.25) is 0 Å².